The highest BCUT2D eigenvalue weighted by molar-refractivity contribution is 7.90. The maximum absolute atomic E-state index is 14.3. The third kappa shape index (κ3) is 4.70. The predicted molar refractivity (Wildman–Crippen MR) is 152 cm³/mol. The van der Waals surface area contributed by atoms with Gasteiger partial charge in [-0.3, -0.25) is 4.79 Å². The van der Waals surface area contributed by atoms with E-state index in [0.717, 1.165) is 29.9 Å². The van der Waals surface area contributed by atoms with E-state index in [0.29, 0.717) is 46.6 Å². The van der Waals surface area contributed by atoms with Gasteiger partial charge < -0.3 is 9.88 Å². The molecule has 0 atom stereocenters. The lowest BCUT2D eigenvalue weighted by atomic mass is 9.95. The first-order valence-electron chi connectivity index (χ1n) is 13.2. The Bertz CT molecular complexity index is 1810. The molecule has 0 aliphatic carbocycles. The molecule has 0 spiro atoms. The predicted octanol–water partition coefficient (Wildman–Crippen LogP) is 6.04. The number of imidazole rings is 1. The zero-order chi connectivity index (χ0) is 28.0. The molecular formula is C31H29FN4O3S. The molecule has 0 saturated carbocycles. The van der Waals surface area contributed by atoms with Gasteiger partial charge in [-0.1, -0.05) is 29.8 Å². The standard InChI is InChI=1S/C31H29FN4O3S/c1-20-3-10-26(11-4-20)40(38,39)36-19-28(27-17-25(32)9-12-29(27)36)22-5-7-24(8-6-22)31(37)35-15-13-23(14-16-35)30-33-18-21(2)34-30/h3-12,17-19,23H,13-16H2,1-2H3,(H,33,34). The van der Waals surface area contributed by atoms with E-state index in [9.17, 15) is 17.6 Å². The molecule has 0 radical (unpaired) electrons. The van der Waals surface area contributed by atoms with Crippen LogP contribution in [0.4, 0.5) is 4.39 Å². The van der Waals surface area contributed by atoms with Gasteiger partial charge in [0, 0.05) is 53.6 Å². The van der Waals surface area contributed by atoms with Gasteiger partial charge in [0.1, 0.15) is 11.6 Å². The Kier molecular flexibility index (Phi) is 6.54. The second kappa shape index (κ2) is 10.1. The topological polar surface area (TPSA) is 88.1 Å². The van der Waals surface area contributed by atoms with Crippen molar-refractivity contribution in [3.8, 4) is 11.1 Å². The number of nitrogens with zero attached hydrogens (tertiary/aromatic N) is 3. The van der Waals surface area contributed by atoms with Gasteiger partial charge in [0.15, 0.2) is 0 Å². The van der Waals surface area contributed by atoms with Gasteiger partial charge in [-0.2, -0.15) is 0 Å². The molecule has 1 fully saturated rings. The van der Waals surface area contributed by atoms with Gasteiger partial charge in [0.05, 0.1) is 10.4 Å². The summed E-state index contributed by atoms with van der Waals surface area (Å²) in [7, 11) is -3.92. The van der Waals surface area contributed by atoms with Crippen molar-refractivity contribution in [3.05, 3.63) is 108 Å². The first kappa shape index (κ1) is 26.0. The van der Waals surface area contributed by atoms with Crippen LogP contribution >= 0.6 is 0 Å². The van der Waals surface area contributed by atoms with E-state index in [4.69, 9.17) is 0 Å². The average molecular weight is 557 g/mol. The maximum Gasteiger partial charge on any atom is 0.268 e. The molecule has 1 N–H and O–H groups in total. The van der Waals surface area contributed by atoms with Crippen molar-refractivity contribution >= 4 is 26.8 Å². The summed E-state index contributed by atoms with van der Waals surface area (Å²) in [4.78, 5) is 23.0. The molecule has 5 aromatic rings. The minimum Gasteiger partial charge on any atom is -0.346 e. The largest absolute Gasteiger partial charge is 0.346 e. The Labute approximate surface area is 232 Å². The van der Waals surface area contributed by atoms with E-state index < -0.39 is 15.8 Å². The Morgan fingerprint density at radius 3 is 2.33 bits per heavy atom. The van der Waals surface area contributed by atoms with Crippen molar-refractivity contribution in [2.75, 3.05) is 13.1 Å². The molecule has 204 valence electrons. The summed E-state index contributed by atoms with van der Waals surface area (Å²) in [5.41, 5.74) is 4.18. The Morgan fingerprint density at radius 1 is 0.975 bits per heavy atom. The number of H-pyrrole nitrogens is 1. The molecular weight excluding hydrogens is 527 g/mol. The quantitative estimate of drug-likeness (QED) is 0.286. The highest BCUT2D eigenvalue weighted by Gasteiger charge is 2.27. The molecule has 1 aliphatic rings. The van der Waals surface area contributed by atoms with Crippen LogP contribution in [-0.4, -0.2) is 46.3 Å². The van der Waals surface area contributed by atoms with Gasteiger partial charge in [0.25, 0.3) is 15.9 Å². The molecule has 1 amide bonds. The van der Waals surface area contributed by atoms with E-state index in [1.165, 1.54) is 28.4 Å². The number of aromatic nitrogens is 3. The van der Waals surface area contributed by atoms with Crippen LogP contribution in [0.15, 0.2) is 84.0 Å². The number of hydrogen-bond donors (Lipinski definition) is 1. The molecule has 3 aromatic carbocycles. The summed E-state index contributed by atoms with van der Waals surface area (Å²) < 4.78 is 42.6. The lowest BCUT2D eigenvalue weighted by molar-refractivity contribution is 0.0711. The number of piperidine rings is 1. The molecule has 3 heterocycles. The van der Waals surface area contributed by atoms with E-state index >= 15 is 0 Å². The van der Waals surface area contributed by atoms with Crippen molar-refractivity contribution in [3.63, 3.8) is 0 Å². The van der Waals surface area contributed by atoms with Crippen LogP contribution in [0.2, 0.25) is 0 Å². The second-order valence-electron chi connectivity index (χ2n) is 10.4. The number of fused-ring (bicyclic) bond motifs is 1. The van der Waals surface area contributed by atoms with Crippen LogP contribution in [0.25, 0.3) is 22.0 Å². The number of amides is 1. The summed E-state index contributed by atoms with van der Waals surface area (Å²) in [6.45, 7) is 5.17. The van der Waals surface area contributed by atoms with Crippen LogP contribution in [-0.2, 0) is 10.0 Å². The van der Waals surface area contributed by atoms with E-state index in [1.807, 2.05) is 24.9 Å². The number of nitrogens with one attached hydrogen (secondary N) is 1. The number of halogens is 1. The fraction of sp³-hybridized carbons (Fsp3) is 0.226. The molecule has 1 aliphatic heterocycles. The van der Waals surface area contributed by atoms with Crippen LogP contribution in [0, 0.1) is 19.7 Å². The lowest BCUT2D eigenvalue weighted by Gasteiger charge is -2.31. The summed E-state index contributed by atoms with van der Waals surface area (Å²) >= 11 is 0. The van der Waals surface area contributed by atoms with Crippen molar-refractivity contribution in [1.29, 1.82) is 0 Å². The number of likely N-dealkylation sites (tertiary alicyclic amines) is 1. The van der Waals surface area contributed by atoms with Crippen molar-refractivity contribution in [1.82, 2.24) is 18.8 Å². The number of aryl methyl sites for hydroxylation is 2. The van der Waals surface area contributed by atoms with Gasteiger partial charge in [0.2, 0.25) is 0 Å². The SMILES string of the molecule is Cc1ccc(S(=O)(=O)n2cc(-c3ccc(C(=O)N4CCC(c5ncc(C)[nH]5)CC4)cc3)c3cc(F)ccc32)cc1. The normalized spacial score (nSPS) is 14.6. The van der Waals surface area contributed by atoms with E-state index in [2.05, 4.69) is 9.97 Å². The first-order chi connectivity index (χ1) is 19.2. The fourth-order valence-corrected chi connectivity index (χ4v) is 6.77. The summed E-state index contributed by atoms with van der Waals surface area (Å²) in [5.74, 6) is 0.790. The average Bonchev–Trinajstić information content (AvgIpc) is 3.57. The second-order valence-corrected chi connectivity index (χ2v) is 12.2. The van der Waals surface area contributed by atoms with Gasteiger partial charge in [-0.05, 0) is 74.7 Å². The number of aromatic amines is 1. The van der Waals surface area contributed by atoms with Crippen molar-refractivity contribution in [2.24, 2.45) is 0 Å². The summed E-state index contributed by atoms with van der Waals surface area (Å²) in [5, 5.41) is 0.477. The highest BCUT2D eigenvalue weighted by atomic mass is 32.2. The molecule has 2 aromatic heterocycles. The molecule has 0 unspecified atom stereocenters. The van der Waals surface area contributed by atoms with Gasteiger partial charge in [-0.15, -0.1) is 0 Å². The summed E-state index contributed by atoms with van der Waals surface area (Å²) in [6, 6.07) is 17.8. The minimum absolute atomic E-state index is 0.0453. The van der Waals surface area contributed by atoms with Gasteiger partial charge in [-0.25, -0.2) is 21.8 Å². The van der Waals surface area contributed by atoms with E-state index in [-0.39, 0.29) is 10.8 Å². The maximum atomic E-state index is 14.3. The molecule has 9 heteroatoms. The molecule has 40 heavy (non-hydrogen) atoms. The van der Waals surface area contributed by atoms with Crippen LogP contribution < -0.4 is 0 Å². The highest BCUT2D eigenvalue weighted by Crippen LogP contribution is 2.34. The number of benzene rings is 3. The number of carbonyl (C=O) groups is 1. The number of rotatable bonds is 5. The van der Waals surface area contributed by atoms with Crippen LogP contribution in [0.5, 0.6) is 0 Å². The van der Waals surface area contributed by atoms with Crippen LogP contribution in [0.1, 0.15) is 46.2 Å². The Morgan fingerprint density at radius 2 is 1.68 bits per heavy atom. The molecule has 6 rings (SSSR count). The van der Waals surface area contributed by atoms with Crippen LogP contribution in [0.3, 0.4) is 0 Å². The Hall–Kier alpha value is -4.24. The molecule has 0 bridgehead atoms. The monoisotopic (exact) mass is 556 g/mol. The molecule has 1 saturated heterocycles. The number of hydrogen-bond acceptors (Lipinski definition) is 4. The van der Waals surface area contributed by atoms with Crippen molar-refractivity contribution in [2.45, 2.75) is 37.5 Å². The zero-order valence-corrected chi connectivity index (χ0v) is 23.1. The Balaban J connectivity index is 1.27. The minimum atomic E-state index is -3.92. The zero-order valence-electron chi connectivity index (χ0n) is 22.3. The first-order valence-corrected chi connectivity index (χ1v) is 14.7. The van der Waals surface area contributed by atoms with Gasteiger partial charge >= 0.3 is 0 Å². The number of carbonyl (C=O) groups excluding carboxylic acids is 1. The smallest absolute Gasteiger partial charge is 0.268 e. The fourth-order valence-electron chi connectivity index (χ4n) is 5.40. The molecule has 7 nitrogen and oxygen atoms in total. The third-order valence-corrected chi connectivity index (χ3v) is 9.33. The van der Waals surface area contributed by atoms with Crippen molar-refractivity contribution < 1.29 is 17.6 Å². The lowest BCUT2D eigenvalue weighted by Crippen LogP contribution is -2.38. The summed E-state index contributed by atoms with van der Waals surface area (Å²) in [6.07, 6.45) is 5.05. The third-order valence-electron chi connectivity index (χ3n) is 7.64. The van der Waals surface area contributed by atoms with E-state index in [1.54, 1.807) is 48.5 Å².